The molecule has 1 aromatic rings. The van der Waals surface area contributed by atoms with Crippen LogP contribution in [0.15, 0.2) is 35.9 Å². The number of nitrogen functional groups attached to an aromatic ring is 1. The molecule has 1 unspecified atom stereocenters. The molecule has 5 rings (SSSR count). The van der Waals surface area contributed by atoms with E-state index in [1.54, 1.807) is 0 Å². The van der Waals surface area contributed by atoms with Gasteiger partial charge in [-0.05, 0) is 86.8 Å². The summed E-state index contributed by atoms with van der Waals surface area (Å²) in [5, 5.41) is 11.7. The molecule has 3 fully saturated rings. The first-order chi connectivity index (χ1) is 13.9. The van der Waals surface area contributed by atoms with Crippen LogP contribution in [0, 0.1) is 40.9 Å². The van der Waals surface area contributed by atoms with Gasteiger partial charge in [-0.25, -0.2) is 0 Å². The maximum Gasteiger partial charge on any atom is 0.155 e. The normalized spacial score (nSPS) is 40.8. The van der Waals surface area contributed by atoms with Crippen LogP contribution in [0.2, 0.25) is 0 Å². The van der Waals surface area contributed by atoms with Crippen LogP contribution in [0.4, 0.5) is 5.69 Å². The second-order valence-electron chi connectivity index (χ2n) is 10.00. The number of allylic oxidation sites excluding steroid dienone is 1. The predicted molar refractivity (Wildman–Crippen MR) is 115 cm³/mol. The number of hydrogen-bond acceptors (Lipinski definition) is 3. The van der Waals surface area contributed by atoms with Crippen LogP contribution in [0.1, 0.15) is 63.9 Å². The Hall–Kier alpha value is -2.05. The fraction of sp³-hybridized carbons (Fsp3) is 0.577. The van der Waals surface area contributed by atoms with E-state index in [4.69, 9.17) is 5.73 Å². The molecule has 0 spiro atoms. The van der Waals surface area contributed by atoms with Crippen molar-refractivity contribution >= 4 is 11.5 Å². The Morgan fingerprint density at radius 2 is 1.90 bits per heavy atom. The summed E-state index contributed by atoms with van der Waals surface area (Å²) in [6, 6.07) is 7.64. The highest BCUT2D eigenvalue weighted by Crippen LogP contribution is 2.64. The van der Waals surface area contributed by atoms with Gasteiger partial charge in [-0.1, -0.05) is 36.5 Å². The van der Waals surface area contributed by atoms with Crippen molar-refractivity contribution in [3.05, 3.63) is 41.5 Å². The summed E-state index contributed by atoms with van der Waals surface area (Å²) in [5.41, 5.74) is 7.86. The Bertz CT molecular complexity index is 938. The number of benzene rings is 1. The standard InChI is InChI=1S/C26H31NO2/c1-25-13-11-21-20-9-7-19(28)16-18(20)6-8-22(21)23(25)12-15-26(25,29)14-10-17-4-2-3-5-24(17)27/h2-5,16,20-23,29H,6-9,11-13,15,27H2,1H3/t20-,21-,22+,23+,25-,26?/m0/s1. The van der Waals surface area contributed by atoms with E-state index in [0.29, 0.717) is 41.6 Å². The molecular formula is C26H31NO2. The Morgan fingerprint density at radius 3 is 2.72 bits per heavy atom. The van der Waals surface area contributed by atoms with Crippen LogP contribution >= 0.6 is 0 Å². The van der Waals surface area contributed by atoms with Gasteiger partial charge in [0.25, 0.3) is 0 Å². The maximum atomic E-state index is 11.9. The number of carbonyl (C=O) groups excluding carboxylic acids is 1. The molecule has 6 atom stereocenters. The molecule has 3 N–H and O–H groups in total. The lowest BCUT2D eigenvalue weighted by Gasteiger charge is -2.54. The Labute approximate surface area is 173 Å². The first kappa shape index (κ1) is 18.9. The van der Waals surface area contributed by atoms with Crippen LogP contribution in [0.25, 0.3) is 0 Å². The third kappa shape index (κ3) is 2.88. The molecule has 1 aromatic carbocycles. The molecule has 29 heavy (non-hydrogen) atoms. The van der Waals surface area contributed by atoms with E-state index in [9.17, 15) is 9.90 Å². The number of carbonyl (C=O) groups is 1. The van der Waals surface area contributed by atoms with Crippen molar-refractivity contribution in [3.63, 3.8) is 0 Å². The summed E-state index contributed by atoms with van der Waals surface area (Å²) >= 11 is 0. The number of fused-ring (bicyclic) bond motifs is 5. The number of aliphatic hydroxyl groups is 1. The quantitative estimate of drug-likeness (QED) is 0.507. The third-order valence-electron chi connectivity index (χ3n) is 8.82. The summed E-state index contributed by atoms with van der Waals surface area (Å²) in [5.74, 6) is 9.26. The van der Waals surface area contributed by atoms with Gasteiger partial charge in [0.1, 0.15) is 5.60 Å². The lowest BCUT2D eigenvalue weighted by molar-refractivity contribution is -0.116. The molecule has 3 saturated carbocycles. The average molecular weight is 390 g/mol. The minimum absolute atomic E-state index is 0.156. The Kier molecular flexibility index (Phi) is 4.40. The maximum absolute atomic E-state index is 11.9. The first-order valence-corrected chi connectivity index (χ1v) is 11.2. The minimum Gasteiger partial charge on any atom is -0.398 e. The Balaban J connectivity index is 1.43. The van der Waals surface area contributed by atoms with Gasteiger partial charge in [0.2, 0.25) is 0 Å². The average Bonchev–Trinajstić information content (AvgIpc) is 2.98. The van der Waals surface area contributed by atoms with Crippen LogP contribution in [0.3, 0.4) is 0 Å². The summed E-state index contributed by atoms with van der Waals surface area (Å²) in [6.45, 7) is 2.28. The number of anilines is 1. The molecule has 3 heteroatoms. The predicted octanol–water partition coefficient (Wildman–Crippen LogP) is 4.49. The first-order valence-electron chi connectivity index (χ1n) is 11.2. The molecule has 4 aliphatic carbocycles. The summed E-state index contributed by atoms with van der Waals surface area (Å²) in [4.78, 5) is 11.9. The highest BCUT2D eigenvalue weighted by Gasteiger charge is 2.62. The van der Waals surface area contributed by atoms with Gasteiger partial charge in [0.15, 0.2) is 5.78 Å². The van der Waals surface area contributed by atoms with Gasteiger partial charge in [-0.3, -0.25) is 4.79 Å². The third-order valence-corrected chi connectivity index (χ3v) is 8.82. The second-order valence-corrected chi connectivity index (χ2v) is 10.00. The lowest BCUT2D eigenvalue weighted by atomic mass is 9.50. The van der Waals surface area contributed by atoms with Crippen molar-refractivity contribution in [2.24, 2.45) is 29.1 Å². The van der Waals surface area contributed by atoms with E-state index in [-0.39, 0.29) is 5.41 Å². The number of nitrogens with two attached hydrogens (primary N) is 1. The van der Waals surface area contributed by atoms with Gasteiger partial charge < -0.3 is 10.8 Å². The molecule has 152 valence electrons. The van der Waals surface area contributed by atoms with Gasteiger partial charge in [-0.15, -0.1) is 0 Å². The van der Waals surface area contributed by atoms with Crippen LogP contribution in [-0.4, -0.2) is 16.5 Å². The van der Waals surface area contributed by atoms with Crippen LogP contribution in [0.5, 0.6) is 0 Å². The van der Waals surface area contributed by atoms with Gasteiger partial charge in [-0.2, -0.15) is 0 Å². The van der Waals surface area contributed by atoms with Gasteiger partial charge >= 0.3 is 0 Å². The van der Waals surface area contributed by atoms with E-state index in [1.807, 2.05) is 30.3 Å². The van der Waals surface area contributed by atoms with E-state index in [2.05, 4.69) is 18.8 Å². The second kappa shape index (κ2) is 6.74. The zero-order valence-corrected chi connectivity index (χ0v) is 17.3. The van der Waals surface area contributed by atoms with E-state index >= 15 is 0 Å². The fourth-order valence-electron chi connectivity index (χ4n) is 7.18. The fourth-order valence-corrected chi connectivity index (χ4v) is 7.18. The molecule has 3 nitrogen and oxygen atoms in total. The zero-order chi connectivity index (χ0) is 20.2. The SMILES string of the molecule is C[C@]12CC[C@@H]3[C@@H](CCC4=CC(=O)CC[C@@H]43)[C@H]1CCC2(O)C#Cc1ccccc1N. The van der Waals surface area contributed by atoms with Crippen molar-refractivity contribution in [2.45, 2.75) is 63.9 Å². The molecular weight excluding hydrogens is 358 g/mol. The topological polar surface area (TPSA) is 63.3 Å². The van der Waals surface area contributed by atoms with E-state index in [0.717, 1.165) is 50.5 Å². The molecule has 0 saturated heterocycles. The molecule has 0 heterocycles. The largest absolute Gasteiger partial charge is 0.398 e. The zero-order valence-electron chi connectivity index (χ0n) is 17.3. The Morgan fingerprint density at radius 1 is 1.07 bits per heavy atom. The highest BCUT2D eigenvalue weighted by atomic mass is 16.3. The number of rotatable bonds is 0. The van der Waals surface area contributed by atoms with Crippen molar-refractivity contribution in [3.8, 4) is 11.8 Å². The molecule has 0 aromatic heterocycles. The van der Waals surface area contributed by atoms with Crippen molar-refractivity contribution in [1.82, 2.24) is 0 Å². The van der Waals surface area contributed by atoms with Crippen LogP contribution in [-0.2, 0) is 4.79 Å². The molecule has 0 radical (unpaired) electrons. The van der Waals surface area contributed by atoms with Crippen molar-refractivity contribution in [1.29, 1.82) is 0 Å². The van der Waals surface area contributed by atoms with Gasteiger partial charge in [0.05, 0.1) is 0 Å². The van der Waals surface area contributed by atoms with Crippen LogP contribution < -0.4 is 5.73 Å². The number of hydrogen-bond donors (Lipinski definition) is 2. The monoisotopic (exact) mass is 389 g/mol. The van der Waals surface area contributed by atoms with E-state index < -0.39 is 5.60 Å². The lowest BCUT2D eigenvalue weighted by Crippen LogP contribution is -2.52. The van der Waals surface area contributed by atoms with Crippen molar-refractivity contribution in [2.75, 3.05) is 5.73 Å². The minimum atomic E-state index is -0.941. The highest BCUT2D eigenvalue weighted by molar-refractivity contribution is 5.91. The van der Waals surface area contributed by atoms with Gasteiger partial charge in [0, 0.05) is 23.1 Å². The summed E-state index contributed by atoms with van der Waals surface area (Å²) in [6.07, 6.45) is 9.90. The smallest absolute Gasteiger partial charge is 0.155 e. The molecule has 0 aliphatic heterocycles. The molecule has 0 amide bonds. The number of ketones is 1. The van der Waals surface area contributed by atoms with Crippen molar-refractivity contribution < 1.29 is 9.90 Å². The number of para-hydroxylation sites is 1. The summed E-state index contributed by atoms with van der Waals surface area (Å²) < 4.78 is 0. The van der Waals surface area contributed by atoms with E-state index in [1.165, 1.54) is 5.57 Å². The molecule has 4 aliphatic rings. The summed E-state index contributed by atoms with van der Waals surface area (Å²) in [7, 11) is 0. The molecule has 0 bridgehead atoms.